The lowest BCUT2D eigenvalue weighted by atomic mass is 10.2. The number of nitrogens with zero attached hydrogens (tertiary/aromatic N) is 1. The maximum Gasteiger partial charge on any atom is 0.0685 e. The van der Waals surface area contributed by atoms with Crippen molar-refractivity contribution >= 4 is 21.6 Å². The molecule has 0 aliphatic heterocycles. The van der Waals surface area contributed by atoms with Gasteiger partial charge in [-0.15, -0.1) is 0 Å². The first-order chi connectivity index (χ1) is 7.09. The van der Waals surface area contributed by atoms with E-state index in [0.717, 1.165) is 15.8 Å². The van der Waals surface area contributed by atoms with E-state index in [9.17, 15) is 0 Å². The van der Waals surface area contributed by atoms with Gasteiger partial charge in [-0.1, -0.05) is 15.9 Å². The van der Waals surface area contributed by atoms with Gasteiger partial charge < -0.3 is 10.3 Å². The summed E-state index contributed by atoms with van der Waals surface area (Å²) in [7, 11) is 0. The first-order valence-corrected chi connectivity index (χ1v) is 5.59. The number of aromatic nitrogens is 1. The summed E-state index contributed by atoms with van der Waals surface area (Å²) in [4.78, 5) is 0. The van der Waals surface area contributed by atoms with E-state index in [4.69, 9.17) is 5.73 Å². The smallest absolute Gasteiger partial charge is 0.0685 e. The summed E-state index contributed by atoms with van der Waals surface area (Å²) in [6, 6.07) is 10.1. The van der Waals surface area contributed by atoms with E-state index in [1.165, 1.54) is 11.4 Å². The van der Waals surface area contributed by atoms with Gasteiger partial charge in [0.15, 0.2) is 0 Å². The van der Waals surface area contributed by atoms with E-state index >= 15 is 0 Å². The molecule has 0 bridgehead atoms. The number of halogens is 1. The number of nitrogen functional groups attached to an aromatic ring is 1. The summed E-state index contributed by atoms with van der Waals surface area (Å²) in [5.74, 6) is 0. The summed E-state index contributed by atoms with van der Waals surface area (Å²) in [5, 5.41) is 0. The van der Waals surface area contributed by atoms with Crippen molar-refractivity contribution in [1.82, 2.24) is 4.57 Å². The molecule has 0 unspecified atom stereocenters. The second-order valence-corrected chi connectivity index (χ2v) is 4.57. The maximum atomic E-state index is 6.00. The van der Waals surface area contributed by atoms with Gasteiger partial charge in [0.05, 0.1) is 11.4 Å². The third-order valence-corrected chi connectivity index (χ3v) is 2.99. The number of hydrogen-bond acceptors (Lipinski definition) is 1. The van der Waals surface area contributed by atoms with Crippen LogP contribution in [0.1, 0.15) is 11.4 Å². The molecule has 0 atom stereocenters. The summed E-state index contributed by atoms with van der Waals surface area (Å²) in [5.41, 5.74) is 10.2. The van der Waals surface area contributed by atoms with Crippen LogP contribution < -0.4 is 5.73 Å². The van der Waals surface area contributed by atoms with Crippen molar-refractivity contribution < 1.29 is 0 Å². The SMILES string of the molecule is Cc1ccc(C)n1-c1ccc(Br)cc1N. The predicted octanol–water partition coefficient (Wildman–Crippen LogP) is 3.44. The molecule has 0 aliphatic carbocycles. The van der Waals surface area contributed by atoms with E-state index in [-0.39, 0.29) is 0 Å². The summed E-state index contributed by atoms with van der Waals surface area (Å²) in [6.07, 6.45) is 0. The van der Waals surface area contributed by atoms with Crippen molar-refractivity contribution in [3.8, 4) is 5.69 Å². The molecule has 0 saturated heterocycles. The predicted molar refractivity (Wildman–Crippen MR) is 67.4 cm³/mol. The van der Waals surface area contributed by atoms with E-state index in [2.05, 4.69) is 46.5 Å². The van der Waals surface area contributed by atoms with Crippen LogP contribution in [-0.4, -0.2) is 4.57 Å². The fraction of sp³-hybridized carbons (Fsp3) is 0.167. The monoisotopic (exact) mass is 264 g/mol. The first-order valence-electron chi connectivity index (χ1n) is 4.80. The quantitative estimate of drug-likeness (QED) is 0.787. The van der Waals surface area contributed by atoms with Crippen LogP contribution in [0.5, 0.6) is 0 Å². The van der Waals surface area contributed by atoms with Gasteiger partial charge in [-0.25, -0.2) is 0 Å². The first kappa shape index (κ1) is 10.3. The molecule has 0 saturated carbocycles. The molecule has 0 radical (unpaired) electrons. The lowest BCUT2D eigenvalue weighted by Gasteiger charge is -2.12. The number of benzene rings is 1. The molecule has 3 heteroatoms. The zero-order valence-electron chi connectivity index (χ0n) is 8.79. The van der Waals surface area contributed by atoms with Gasteiger partial charge in [-0.05, 0) is 44.2 Å². The van der Waals surface area contributed by atoms with Crippen molar-refractivity contribution in [2.45, 2.75) is 13.8 Å². The minimum absolute atomic E-state index is 0.784. The molecule has 78 valence electrons. The van der Waals surface area contributed by atoms with Gasteiger partial charge in [-0.2, -0.15) is 0 Å². The Balaban J connectivity index is 2.64. The molecule has 2 aromatic rings. The molecule has 0 spiro atoms. The Morgan fingerprint density at radius 2 is 1.67 bits per heavy atom. The molecule has 0 aliphatic rings. The Hall–Kier alpha value is -1.22. The highest BCUT2D eigenvalue weighted by molar-refractivity contribution is 9.10. The Labute approximate surface area is 97.8 Å². The van der Waals surface area contributed by atoms with Crippen molar-refractivity contribution in [3.63, 3.8) is 0 Å². The van der Waals surface area contributed by atoms with Crippen LogP contribution in [0.15, 0.2) is 34.8 Å². The van der Waals surface area contributed by atoms with Crippen LogP contribution in [0, 0.1) is 13.8 Å². The zero-order valence-corrected chi connectivity index (χ0v) is 10.4. The summed E-state index contributed by atoms with van der Waals surface area (Å²) in [6.45, 7) is 4.16. The van der Waals surface area contributed by atoms with E-state index < -0.39 is 0 Å². The van der Waals surface area contributed by atoms with Crippen LogP contribution in [0.3, 0.4) is 0 Å². The molecule has 0 fully saturated rings. The number of rotatable bonds is 1. The lowest BCUT2D eigenvalue weighted by Crippen LogP contribution is -2.02. The van der Waals surface area contributed by atoms with Gasteiger partial charge in [0, 0.05) is 15.9 Å². The minimum atomic E-state index is 0.784. The largest absolute Gasteiger partial charge is 0.397 e. The second kappa shape index (κ2) is 3.74. The van der Waals surface area contributed by atoms with E-state index in [0.29, 0.717) is 0 Å². The number of hydrogen-bond donors (Lipinski definition) is 1. The molecule has 0 amide bonds. The van der Waals surface area contributed by atoms with Gasteiger partial charge in [-0.3, -0.25) is 0 Å². The summed E-state index contributed by atoms with van der Waals surface area (Å²) >= 11 is 3.41. The molecule has 1 aromatic heterocycles. The average Bonchev–Trinajstić information content (AvgIpc) is 2.48. The van der Waals surface area contributed by atoms with Gasteiger partial charge in [0.2, 0.25) is 0 Å². The van der Waals surface area contributed by atoms with Crippen LogP contribution in [0.4, 0.5) is 5.69 Å². The third kappa shape index (κ3) is 1.79. The van der Waals surface area contributed by atoms with Gasteiger partial charge >= 0.3 is 0 Å². The third-order valence-electron chi connectivity index (χ3n) is 2.50. The standard InChI is InChI=1S/C12H13BrN2/c1-8-3-4-9(2)15(8)12-6-5-10(13)7-11(12)14/h3-7H,14H2,1-2H3. The normalized spacial score (nSPS) is 10.6. The van der Waals surface area contributed by atoms with Crippen LogP contribution in [0.2, 0.25) is 0 Å². The van der Waals surface area contributed by atoms with Gasteiger partial charge in [0.25, 0.3) is 0 Å². The van der Waals surface area contributed by atoms with Crippen molar-refractivity contribution in [2.24, 2.45) is 0 Å². The number of aryl methyl sites for hydroxylation is 2. The van der Waals surface area contributed by atoms with Crippen molar-refractivity contribution in [2.75, 3.05) is 5.73 Å². The molecule has 1 heterocycles. The van der Waals surface area contributed by atoms with Crippen LogP contribution in [-0.2, 0) is 0 Å². The zero-order chi connectivity index (χ0) is 11.0. The van der Waals surface area contributed by atoms with Crippen LogP contribution >= 0.6 is 15.9 Å². The molecule has 1 aromatic carbocycles. The Kier molecular flexibility index (Phi) is 2.57. The Morgan fingerprint density at radius 1 is 1.07 bits per heavy atom. The minimum Gasteiger partial charge on any atom is -0.397 e. The molecule has 2 N–H and O–H groups in total. The van der Waals surface area contributed by atoms with E-state index in [1.54, 1.807) is 0 Å². The van der Waals surface area contributed by atoms with Crippen LogP contribution in [0.25, 0.3) is 5.69 Å². The average molecular weight is 265 g/mol. The fourth-order valence-corrected chi connectivity index (χ4v) is 2.16. The molecular weight excluding hydrogens is 252 g/mol. The highest BCUT2D eigenvalue weighted by atomic mass is 79.9. The molecule has 2 nitrogen and oxygen atoms in total. The number of nitrogens with two attached hydrogens (primary N) is 1. The molecular formula is C12H13BrN2. The number of anilines is 1. The fourth-order valence-electron chi connectivity index (χ4n) is 1.78. The maximum absolute atomic E-state index is 6.00. The topological polar surface area (TPSA) is 30.9 Å². The Morgan fingerprint density at radius 3 is 2.20 bits per heavy atom. The van der Waals surface area contributed by atoms with Crippen molar-refractivity contribution in [3.05, 3.63) is 46.2 Å². The van der Waals surface area contributed by atoms with Gasteiger partial charge in [0.1, 0.15) is 0 Å². The highest BCUT2D eigenvalue weighted by Gasteiger charge is 2.06. The Bertz CT molecular complexity index is 481. The summed E-state index contributed by atoms with van der Waals surface area (Å²) < 4.78 is 3.16. The van der Waals surface area contributed by atoms with Crippen molar-refractivity contribution in [1.29, 1.82) is 0 Å². The molecule has 15 heavy (non-hydrogen) atoms. The molecule has 2 rings (SSSR count). The highest BCUT2D eigenvalue weighted by Crippen LogP contribution is 2.25. The lowest BCUT2D eigenvalue weighted by molar-refractivity contribution is 0.968. The second-order valence-electron chi connectivity index (χ2n) is 3.65. The van der Waals surface area contributed by atoms with E-state index in [1.807, 2.05) is 18.2 Å².